The topological polar surface area (TPSA) is 41.1 Å². The Balaban J connectivity index is 2.73. The van der Waals surface area contributed by atoms with Gasteiger partial charge in [-0.1, -0.05) is 13.8 Å². The summed E-state index contributed by atoms with van der Waals surface area (Å²) in [5.41, 5.74) is -0.363. The Morgan fingerprint density at radius 3 is 2.45 bits per heavy atom. The molecule has 0 aromatic rings. The lowest BCUT2D eigenvalue weighted by Crippen LogP contribution is -2.64. The molecule has 1 heterocycles. The minimum atomic E-state index is -0.363. The van der Waals surface area contributed by atoms with E-state index in [1.807, 2.05) is 6.92 Å². The van der Waals surface area contributed by atoms with Crippen molar-refractivity contribution >= 4 is 5.91 Å². The van der Waals surface area contributed by atoms with Gasteiger partial charge in [0.25, 0.3) is 0 Å². The van der Waals surface area contributed by atoms with Crippen LogP contribution in [0.5, 0.6) is 0 Å². The predicted molar refractivity (Wildman–Crippen MR) is 44.3 cm³/mol. The van der Waals surface area contributed by atoms with Gasteiger partial charge in [-0.3, -0.25) is 4.79 Å². The largest absolute Gasteiger partial charge is 0.353 e. The normalized spacial score (nSPS) is 32.2. The third-order valence-corrected chi connectivity index (χ3v) is 2.53. The summed E-state index contributed by atoms with van der Waals surface area (Å²) in [4.78, 5) is 11.4. The third-order valence-electron chi connectivity index (χ3n) is 2.53. The molecule has 0 bridgehead atoms. The molecule has 0 aliphatic carbocycles. The first-order valence-electron chi connectivity index (χ1n) is 4.10. The van der Waals surface area contributed by atoms with E-state index in [2.05, 4.69) is 24.5 Å². The first-order valence-corrected chi connectivity index (χ1v) is 4.10. The first kappa shape index (κ1) is 8.53. The van der Waals surface area contributed by atoms with Crippen LogP contribution in [0.3, 0.4) is 0 Å². The number of hydrogen-bond acceptors (Lipinski definition) is 2. The van der Waals surface area contributed by atoms with Crippen molar-refractivity contribution in [3.63, 3.8) is 0 Å². The first-order chi connectivity index (χ1) is 5.07. The maximum absolute atomic E-state index is 11.4. The van der Waals surface area contributed by atoms with Crippen molar-refractivity contribution < 1.29 is 4.79 Å². The molecule has 1 aliphatic rings. The molecule has 0 aromatic heterocycles. The van der Waals surface area contributed by atoms with Crippen LogP contribution in [0.15, 0.2) is 0 Å². The summed E-state index contributed by atoms with van der Waals surface area (Å²) in [6.45, 7) is 7.68. The zero-order valence-corrected chi connectivity index (χ0v) is 7.40. The van der Waals surface area contributed by atoms with Crippen molar-refractivity contribution in [2.45, 2.75) is 26.3 Å². The van der Waals surface area contributed by atoms with Gasteiger partial charge in [-0.25, -0.2) is 0 Å². The maximum Gasteiger partial charge on any atom is 0.240 e. The van der Waals surface area contributed by atoms with Gasteiger partial charge >= 0.3 is 0 Å². The van der Waals surface area contributed by atoms with Gasteiger partial charge in [-0.2, -0.15) is 0 Å². The van der Waals surface area contributed by atoms with Crippen molar-refractivity contribution in [1.82, 2.24) is 10.6 Å². The lowest BCUT2D eigenvalue weighted by atomic mass is 9.86. The van der Waals surface area contributed by atoms with Crippen LogP contribution in [0.2, 0.25) is 0 Å². The van der Waals surface area contributed by atoms with Gasteiger partial charge in [0.05, 0.1) is 5.54 Å². The summed E-state index contributed by atoms with van der Waals surface area (Å²) in [5, 5.41) is 6.09. The summed E-state index contributed by atoms with van der Waals surface area (Å²) < 4.78 is 0. The lowest BCUT2D eigenvalue weighted by molar-refractivity contribution is -0.130. The van der Waals surface area contributed by atoms with Gasteiger partial charge in [-0.05, 0) is 12.8 Å². The van der Waals surface area contributed by atoms with Crippen LogP contribution >= 0.6 is 0 Å². The van der Waals surface area contributed by atoms with Gasteiger partial charge in [0.15, 0.2) is 0 Å². The van der Waals surface area contributed by atoms with Crippen LogP contribution in [0, 0.1) is 5.92 Å². The molecule has 0 radical (unpaired) electrons. The van der Waals surface area contributed by atoms with Crippen molar-refractivity contribution in [3.05, 3.63) is 0 Å². The number of rotatable bonds is 1. The molecular weight excluding hydrogens is 140 g/mol. The Bertz CT molecular complexity index is 167. The minimum Gasteiger partial charge on any atom is -0.353 e. The molecule has 0 unspecified atom stereocenters. The average Bonchev–Trinajstić information content (AvgIpc) is 1.95. The van der Waals surface area contributed by atoms with E-state index in [9.17, 15) is 4.79 Å². The SMILES string of the molecule is CC(C)[C@]1(C)NCCNC1=O. The molecule has 11 heavy (non-hydrogen) atoms. The summed E-state index contributed by atoms with van der Waals surface area (Å²) in [5.74, 6) is 0.460. The van der Waals surface area contributed by atoms with Crippen LogP contribution in [0.4, 0.5) is 0 Å². The van der Waals surface area contributed by atoms with Gasteiger partial charge in [0.2, 0.25) is 5.91 Å². The van der Waals surface area contributed by atoms with E-state index in [1.54, 1.807) is 0 Å². The second kappa shape index (κ2) is 2.81. The summed E-state index contributed by atoms with van der Waals surface area (Å²) >= 11 is 0. The fourth-order valence-corrected chi connectivity index (χ4v) is 1.23. The predicted octanol–water partition coefficient (Wildman–Crippen LogP) is 0.120. The Morgan fingerprint density at radius 1 is 1.45 bits per heavy atom. The highest BCUT2D eigenvalue weighted by Gasteiger charge is 2.37. The molecule has 0 aromatic carbocycles. The highest BCUT2D eigenvalue weighted by molar-refractivity contribution is 5.86. The zero-order valence-electron chi connectivity index (χ0n) is 7.40. The van der Waals surface area contributed by atoms with Crippen molar-refractivity contribution in [2.24, 2.45) is 5.92 Å². The standard InChI is InChI=1S/C8H16N2O/c1-6(2)8(3)7(11)9-4-5-10-8/h6,10H,4-5H2,1-3H3,(H,9,11)/t8-/m0/s1. The highest BCUT2D eigenvalue weighted by Crippen LogP contribution is 2.17. The lowest BCUT2D eigenvalue weighted by Gasteiger charge is -2.37. The fourth-order valence-electron chi connectivity index (χ4n) is 1.23. The number of piperazine rings is 1. The monoisotopic (exact) mass is 156 g/mol. The van der Waals surface area contributed by atoms with E-state index in [-0.39, 0.29) is 11.4 Å². The van der Waals surface area contributed by atoms with Crippen LogP contribution in [0.25, 0.3) is 0 Å². The van der Waals surface area contributed by atoms with Gasteiger partial charge < -0.3 is 10.6 Å². The number of carbonyl (C=O) groups is 1. The van der Waals surface area contributed by atoms with E-state index in [4.69, 9.17) is 0 Å². The molecule has 1 amide bonds. The van der Waals surface area contributed by atoms with Gasteiger partial charge in [0.1, 0.15) is 0 Å². The molecule has 1 aliphatic heterocycles. The van der Waals surface area contributed by atoms with Crippen LogP contribution in [-0.4, -0.2) is 24.5 Å². The van der Waals surface area contributed by atoms with Crippen molar-refractivity contribution in [1.29, 1.82) is 0 Å². The maximum atomic E-state index is 11.4. The molecule has 1 saturated heterocycles. The number of nitrogens with one attached hydrogen (secondary N) is 2. The molecule has 3 nitrogen and oxygen atoms in total. The molecule has 3 heteroatoms. The van der Waals surface area contributed by atoms with Crippen molar-refractivity contribution in [2.75, 3.05) is 13.1 Å². The zero-order chi connectivity index (χ0) is 8.48. The Hall–Kier alpha value is -0.570. The second-order valence-electron chi connectivity index (χ2n) is 3.54. The molecule has 64 valence electrons. The molecule has 0 saturated carbocycles. The molecular formula is C8H16N2O. The van der Waals surface area contributed by atoms with E-state index in [0.29, 0.717) is 5.92 Å². The Kier molecular flexibility index (Phi) is 2.18. The van der Waals surface area contributed by atoms with E-state index in [0.717, 1.165) is 13.1 Å². The molecule has 1 rings (SSSR count). The average molecular weight is 156 g/mol. The third kappa shape index (κ3) is 1.38. The smallest absolute Gasteiger partial charge is 0.240 e. The summed E-state index contributed by atoms with van der Waals surface area (Å²) in [7, 11) is 0. The highest BCUT2D eigenvalue weighted by atomic mass is 16.2. The number of amides is 1. The van der Waals surface area contributed by atoms with Crippen molar-refractivity contribution in [3.8, 4) is 0 Å². The van der Waals surface area contributed by atoms with E-state index >= 15 is 0 Å². The minimum absolute atomic E-state index is 0.124. The summed E-state index contributed by atoms with van der Waals surface area (Å²) in [6.07, 6.45) is 0. The Morgan fingerprint density at radius 2 is 2.09 bits per heavy atom. The molecule has 2 N–H and O–H groups in total. The van der Waals surface area contributed by atoms with Crippen LogP contribution < -0.4 is 10.6 Å². The van der Waals surface area contributed by atoms with E-state index in [1.165, 1.54) is 0 Å². The van der Waals surface area contributed by atoms with Crippen LogP contribution in [-0.2, 0) is 4.79 Å². The van der Waals surface area contributed by atoms with Crippen LogP contribution in [0.1, 0.15) is 20.8 Å². The fraction of sp³-hybridized carbons (Fsp3) is 0.875. The van der Waals surface area contributed by atoms with Gasteiger partial charge in [-0.15, -0.1) is 0 Å². The van der Waals surface area contributed by atoms with Gasteiger partial charge in [0, 0.05) is 13.1 Å². The Labute approximate surface area is 67.5 Å². The second-order valence-corrected chi connectivity index (χ2v) is 3.54. The quantitative estimate of drug-likeness (QED) is 0.566. The molecule has 1 atom stereocenters. The molecule has 0 spiro atoms. The molecule has 1 fully saturated rings. The summed E-state index contributed by atoms with van der Waals surface area (Å²) in [6, 6.07) is 0. The number of carbonyl (C=O) groups excluding carboxylic acids is 1. The van der Waals surface area contributed by atoms with E-state index < -0.39 is 0 Å². The number of hydrogen-bond donors (Lipinski definition) is 2.